The molecule has 3 fully saturated rings. The number of hydrogen-bond acceptors (Lipinski definition) is 7. The van der Waals surface area contributed by atoms with E-state index in [1.807, 2.05) is 12.1 Å². The molecule has 0 bridgehead atoms. The molecular formula is C28H38N4O4. The van der Waals surface area contributed by atoms with Gasteiger partial charge in [-0.25, -0.2) is 0 Å². The number of benzene rings is 2. The number of likely N-dealkylation sites (tertiary alicyclic amines) is 1. The fraction of sp³-hybridized carbons (Fsp3) is 0.536. The van der Waals surface area contributed by atoms with E-state index in [1.165, 1.54) is 11.3 Å². The highest BCUT2D eigenvalue weighted by molar-refractivity contribution is 5.77. The zero-order valence-electron chi connectivity index (χ0n) is 21.1. The summed E-state index contributed by atoms with van der Waals surface area (Å²) in [5, 5.41) is 11.3. The van der Waals surface area contributed by atoms with Crippen molar-refractivity contribution in [2.75, 3.05) is 83.6 Å². The molecule has 5 rings (SSSR count). The Morgan fingerprint density at radius 2 is 1.61 bits per heavy atom. The van der Waals surface area contributed by atoms with Crippen LogP contribution < -0.4 is 9.64 Å². The fourth-order valence-electron chi connectivity index (χ4n) is 5.42. The third kappa shape index (κ3) is 6.56. The van der Waals surface area contributed by atoms with E-state index in [4.69, 9.17) is 9.47 Å². The van der Waals surface area contributed by atoms with Gasteiger partial charge in [0.15, 0.2) is 6.61 Å². The zero-order chi connectivity index (χ0) is 24.8. The van der Waals surface area contributed by atoms with Crippen molar-refractivity contribution in [1.82, 2.24) is 14.7 Å². The topological polar surface area (TPSA) is 68.7 Å². The average Bonchev–Trinajstić information content (AvgIpc) is 3.29. The molecule has 0 radical (unpaired) electrons. The Morgan fingerprint density at radius 3 is 2.33 bits per heavy atom. The fourth-order valence-corrected chi connectivity index (χ4v) is 5.42. The Balaban J connectivity index is 1.04. The van der Waals surface area contributed by atoms with E-state index in [1.54, 1.807) is 4.90 Å². The van der Waals surface area contributed by atoms with Crippen LogP contribution in [-0.4, -0.2) is 110 Å². The van der Waals surface area contributed by atoms with Gasteiger partial charge in [-0.1, -0.05) is 30.3 Å². The van der Waals surface area contributed by atoms with E-state index in [9.17, 15) is 9.90 Å². The van der Waals surface area contributed by atoms with Crippen molar-refractivity contribution < 1.29 is 19.4 Å². The number of anilines is 1. The van der Waals surface area contributed by atoms with Crippen LogP contribution in [0.3, 0.4) is 0 Å². The maximum Gasteiger partial charge on any atom is 0.260 e. The molecule has 0 spiro atoms. The van der Waals surface area contributed by atoms with Crippen LogP contribution >= 0.6 is 0 Å². The Morgan fingerprint density at radius 1 is 0.889 bits per heavy atom. The number of aliphatic hydroxyl groups is 1. The quantitative estimate of drug-likeness (QED) is 0.599. The summed E-state index contributed by atoms with van der Waals surface area (Å²) in [6.45, 7) is 9.58. The SMILES string of the molecule is O=C(COc1ccc(CN2CC[C@](O)(CN3CCN(c4ccccc4)CC3)C2)cc1)N1CCOCC1. The molecule has 3 saturated heterocycles. The van der Waals surface area contributed by atoms with E-state index in [2.05, 4.69) is 57.2 Å². The lowest BCUT2D eigenvalue weighted by Crippen LogP contribution is -2.52. The van der Waals surface area contributed by atoms with Crippen LogP contribution in [0, 0.1) is 0 Å². The summed E-state index contributed by atoms with van der Waals surface area (Å²) in [7, 11) is 0. The lowest BCUT2D eigenvalue weighted by atomic mass is 10.0. The Hall–Kier alpha value is -2.65. The minimum absolute atomic E-state index is 0.000193. The van der Waals surface area contributed by atoms with Crippen LogP contribution in [0.2, 0.25) is 0 Å². The van der Waals surface area contributed by atoms with Gasteiger partial charge in [0.2, 0.25) is 0 Å². The van der Waals surface area contributed by atoms with Crippen LogP contribution in [0.4, 0.5) is 5.69 Å². The van der Waals surface area contributed by atoms with Gasteiger partial charge in [-0.2, -0.15) is 0 Å². The maximum atomic E-state index is 12.3. The third-order valence-electron chi connectivity index (χ3n) is 7.48. The molecule has 3 heterocycles. The van der Waals surface area contributed by atoms with Gasteiger partial charge in [0.1, 0.15) is 5.75 Å². The molecule has 36 heavy (non-hydrogen) atoms. The molecular weight excluding hydrogens is 456 g/mol. The number of nitrogens with zero attached hydrogens (tertiary/aromatic N) is 4. The Bertz CT molecular complexity index is 975. The van der Waals surface area contributed by atoms with E-state index in [-0.39, 0.29) is 12.5 Å². The first kappa shape index (κ1) is 25.0. The second-order valence-electron chi connectivity index (χ2n) is 10.2. The van der Waals surface area contributed by atoms with Crippen LogP contribution in [-0.2, 0) is 16.1 Å². The molecule has 1 atom stereocenters. The van der Waals surface area contributed by atoms with Gasteiger partial charge in [-0.05, 0) is 36.2 Å². The van der Waals surface area contributed by atoms with Gasteiger partial charge >= 0.3 is 0 Å². The lowest BCUT2D eigenvalue weighted by Gasteiger charge is -2.39. The second kappa shape index (κ2) is 11.6. The van der Waals surface area contributed by atoms with Crippen LogP contribution in [0.5, 0.6) is 5.75 Å². The number of hydrogen-bond donors (Lipinski definition) is 1. The first-order valence-corrected chi connectivity index (χ1v) is 13.1. The van der Waals surface area contributed by atoms with Gasteiger partial charge in [0.05, 0.1) is 18.8 Å². The third-order valence-corrected chi connectivity index (χ3v) is 7.48. The van der Waals surface area contributed by atoms with Crippen LogP contribution in [0.15, 0.2) is 54.6 Å². The summed E-state index contributed by atoms with van der Waals surface area (Å²) >= 11 is 0. The number of carbonyl (C=O) groups excluding carboxylic acids is 1. The Labute approximate surface area is 214 Å². The van der Waals surface area contributed by atoms with Gasteiger partial charge in [0.25, 0.3) is 5.91 Å². The number of β-amino-alcohol motifs (C(OH)–C–C–N with tert-alkyl or cyclic N) is 1. The van der Waals surface area contributed by atoms with Crippen LogP contribution in [0.1, 0.15) is 12.0 Å². The largest absolute Gasteiger partial charge is 0.484 e. The normalized spacial score (nSPS) is 23.7. The van der Waals surface area contributed by atoms with E-state index in [0.29, 0.717) is 38.6 Å². The molecule has 2 aromatic carbocycles. The average molecular weight is 495 g/mol. The standard InChI is InChI=1S/C28H38N4O4/c33-27(32-16-18-35-19-17-32)21-36-26-8-6-24(7-9-26)20-30-11-10-28(34,23-30)22-29-12-14-31(15-13-29)25-4-2-1-3-5-25/h1-9,34H,10-23H2/t28-/m0/s1. The molecule has 194 valence electrons. The van der Waals surface area contributed by atoms with E-state index < -0.39 is 5.60 Å². The number of rotatable bonds is 8. The molecule has 3 aliphatic heterocycles. The smallest absolute Gasteiger partial charge is 0.260 e. The molecule has 8 nitrogen and oxygen atoms in total. The van der Waals surface area contributed by atoms with Crippen molar-refractivity contribution in [3.05, 3.63) is 60.2 Å². The van der Waals surface area contributed by atoms with E-state index in [0.717, 1.165) is 52.2 Å². The van der Waals surface area contributed by atoms with E-state index >= 15 is 0 Å². The van der Waals surface area contributed by atoms with Crippen molar-refractivity contribution >= 4 is 11.6 Å². The summed E-state index contributed by atoms with van der Waals surface area (Å²) in [4.78, 5) is 21.2. The molecule has 2 aromatic rings. The zero-order valence-corrected chi connectivity index (χ0v) is 21.1. The number of ether oxygens (including phenoxy) is 2. The summed E-state index contributed by atoms with van der Waals surface area (Å²) in [6, 6.07) is 18.5. The Kier molecular flexibility index (Phi) is 8.06. The summed E-state index contributed by atoms with van der Waals surface area (Å²) in [6.07, 6.45) is 0.802. The second-order valence-corrected chi connectivity index (χ2v) is 10.2. The first-order valence-electron chi connectivity index (χ1n) is 13.1. The number of morpholine rings is 1. The number of amides is 1. The van der Waals surface area contributed by atoms with Gasteiger partial charge in [-0.3, -0.25) is 14.6 Å². The molecule has 0 saturated carbocycles. The molecule has 1 N–H and O–H groups in total. The molecule has 8 heteroatoms. The highest BCUT2D eigenvalue weighted by atomic mass is 16.5. The molecule has 0 unspecified atom stereocenters. The van der Waals surface area contributed by atoms with Crippen molar-refractivity contribution in [2.24, 2.45) is 0 Å². The summed E-state index contributed by atoms with van der Waals surface area (Å²) in [5.41, 5.74) is 1.81. The minimum Gasteiger partial charge on any atom is -0.484 e. The lowest BCUT2D eigenvalue weighted by molar-refractivity contribution is -0.137. The summed E-state index contributed by atoms with van der Waals surface area (Å²) in [5.74, 6) is 0.702. The first-order chi connectivity index (χ1) is 17.6. The minimum atomic E-state index is -0.655. The molecule has 0 aromatic heterocycles. The van der Waals surface area contributed by atoms with Crippen molar-refractivity contribution in [3.8, 4) is 5.75 Å². The van der Waals surface area contributed by atoms with Crippen molar-refractivity contribution in [3.63, 3.8) is 0 Å². The molecule has 0 aliphatic carbocycles. The number of piperazine rings is 1. The number of para-hydroxylation sites is 1. The molecule has 1 amide bonds. The van der Waals surface area contributed by atoms with Gasteiger partial charge < -0.3 is 24.4 Å². The maximum absolute atomic E-state index is 12.3. The van der Waals surface area contributed by atoms with Gasteiger partial charge in [-0.15, -0.1) is 0 Å². The molecule has 3 aliphatic rings. The highest BCUT2D eigenvalue weighted by Crippen LogP contribution is 2.26. The predicted molar refractivity (Wildman–Crippen MR) is 139 cm³/mol. The van der Waals surface area contributed by atoms with Crippen molar-refractivity contribution in [1.29, 1.82) is 0 Å². The predicted octanol–water partition coefficient (Wildman–Crippen LogP) is 1.68. The van der Waals surface area contributed by atoms with Crippen LogP contribution in [0.25, 0.3) is 0 Å². The monoisotopic (exact) mass is 494 g/mol. The van der Waals surface area contributed by atoms with Gasteiger partial charge in [0, 0.05) is 71.1 Å². The summed E-state index contributed by atoms with van der Waals surface area (Å²) < 4.78 is 11.0. The highest BCUT2D eigenvalue weighted by Gasteiger charge is 2.38. The number of carbonyl (C=O) groups is 1. The van der Waals surface area contributed by atoms with Crippen molar-refractivity contribution in [2.45, 2.75) is 18.6 Å².